The van der Waals surface area contributed by atoms with Crippen molar-refractivity contribution < 1.29 is 4.74 Å². The van der Waals surface area contributed by atoms with Crippen molar-refractivity contribution in [1.82, 2.24) is 5.32 Å². The summed E-state index contributed by atoms with van der Waals surface area (Å²) in [5.41, 5.74) is 1.25. The molecule has 3 heteroatoms. The van der Waals surface area contributed by atoms with Crippen molar-refractivity contribution in [2.75, 3.05) is 13.7 Å². The van der Waals surface area contributed by atoms with Gasteiger partial charge in [0.05, 0.1) is 11.1 Å². The average molecular weight is 286 g/mol. The highest BCUT2D eigenvalue weighted by molar-refractivity contribution is 9.10. The Balaban J connectivity index is 2.60. The molecule has 0 saturated carbocycles. The minimum atomic E-state index is 0.601. The van der Waals surface area contributed by atoms with Crippen molar-refractivity contribution in [3.05, 3.63) is 28.2 Å². The number of halogens is 1. The van der Waals surface area contributed by atoms with Crippen molar-refractivity contribution >= 4 is 15.9 Å². The number of benzene rings is 1. The molecule has 0 amide bonds. The standard InChI is InChI=1S/C13H20BrNO/c1-4-10(2)9-16-13-6-5-11(8-15-3)7-12(13)14/h5-7,10,15H,4,8-9H2,1-3H3. The molecule has 1 unspecified atom stereocenters. The summed E-state index contributed by atoms with van der Waals surface area (Å²) in [5.74, 6) is 1.53. The molecule has 0 aliphatic heterocycles. The van der Waals surface area contributed by atoms with E-state index in [1.54, 1.807) is 0 Å². The third-order valence-electron chi connectivity index (χ3n) is 2.60. The molecule has 0 spiro atoms. The monoisotopic (exact) mass is 285 g/mol. The van der Waals surface area contributed by atoms with Gasteiger partial charge in [-0.1, -0.05) is 26.3 Å². The van der Waals surface area contributed by atoms with Gasteiger partial charge >= 0.3 is 0 Å². The van der Waals surface area contributed by atoms with Gasteiger partial charge in [0.2, 0.25) is 0 Å². The molecule has 1 aromatic rings. The van der Waals surface area contributed by atoms with Crippen LogP contribution in [0.1, 0.15) is 25.8 Å². The minimum absolute atomic E-state index is 0.601. The highest BCUT2D eigenvalue weighted by atomic mass is 79.9. The van der Waals surface area contributed by atoms with Gasteiger partial charge in [-0.2, -0.15) is 0 Å². The van der Waals surface area contributed by atoms with Gasteiger partial charge in [-0.25, -0.2) is 0 Å². The summed E-state index contributed by atoms with van der Waals surface area (Å²) in [4.78, 5) is 0. The van der Waals surface area contributed by atoms with Crippen LogP contribution in [0.5, 0.6) is 5.75 Å². The molecule has 0 heterocycles. The number of nitrogens with one attached hydrogen (secondary N) is 1. The van der Waals surface area contributed by atoms with Crippen LogP contribution in [-0.4, -0.2) is 13.7 Å². The first-order valence-electron chi connectivity index (χ1n) is 5.73. The van der Waals surface area contributed by atoms with Crippen LogP contribution in [0.4, 0.5) is 0 Å². The van der Waals surface area contributed by atoms with E-state index in [1.807, 2.05) is 13.1 Å². The molecule has 0 saturated heterocycles. The van der Waals surface area contributed by atoms with Crippen LogP contribution in [0.3, 0.4) is 0 Å². The van der Waals surface area contributed by atoms with Crippen molar-refractivity contribution in [3.63, 3.8) is 0 Å². The Morgan fingerprint density at radius 3 is 2.75 bits per heavy atom. The Hall–Kier alpha value is -0.540. The molecular formula is C13H20BrNO. The predicted molar refractivity (Wildman–Crippen MR) is 71.9 cm³/mol. The van der Waals surface area contributed by atoms with E-state index in [4.69, 9.17) is 4.74 Å². The Kier molecular flexibility index (Phi) is 5.85. The van der Waals surface area contributed by atoms with Gasteiger partial charge in [-0.05, 0) is 46.6 Å². The summed E-state index contributed by atoms with van der Waals surface area (Å²) < 4.78 is 6.79. The zero-order chi connectivity index (χ0) is 12.0. The molecule has 1 aromatic carbocycles. The molecule has 0 aliphatic rings. The maximum atomic E-state index is 5.76. The maximum absolute atomic E-state index is 5.76. The Morgan fingerprint density at radius 2 is 2.19 bits per heavy atom. The first-order chi connectivity index (χ1) is 7.67. The summed E-state index contributed by atoms with van der Waals surface area (Å²) in [6.07, 6.45) is 1.15. The van der Waals surface area contributed by atoms with Crippen LogP contribution >= 0.6 is 15.9 Å². The summed E-state index contributed by atoms with van der Waals surface area (Å²) in [6, 6.07) is 6.22. The first kappa shape index (κ1) is 13.5. The van der Waals surface area contributed by atoms with Gasteiger partial charge in [0.15, 0.2) is 0 Å². The molecule has 2 nitrogen and oxygen atoms in total. The van der Waals surface area contributed by atoms with E-state index in [0.29, 0.717) is 5.92 Å². The topological polar surface area (TPSA) is 21.3 Å². The van der Waals surface area contributed by atoms with E-state index < -0.39 is 0 Å². The highest BCUT2D eigenvalue weighted by Crippen LogP contribution is 2.26. The van der Waals surface area contributed by atoms with Gasteiger partial charge in [0, 0.05) is 6.54 Å². The zero-order valence-electron chi connectivity index (χ0n) is 10.2. The predicted octanol–water partition coefficient (Wildman–Crippen LogP) is 3.59. The van der Waals surface area contributed by atoms with Crippen LogP contribution in [0, 0.1) is 5.92 Å². The third-order valence-corrected chi connectivity index (χ3v) is 3.22. The van der Waals surface area contributed by atoms with E-state index in [1.165, 1.54) is 5.56 Å². The van der Waals surface area contributed by atoms with Gasteiger partial charge in [-0.3, -0.25) is 0 Å². The fraction of sp³-hybridized carbons (Fsp3) is 0.538. The number of ether oxygens (including phenoxy) is 1. The maximum Gasteiger partial charge on any atom is 0.133 e. The first-order valence-corrected chi connectivity index (χ1v) is 6.52. The van der Waals surface area contributed by atoms with Crippen LogP contribution < -0.4 is 10.1 Å². The molecule has 1 rings (SSSR count). The molecule has 90 valence electrons. The normalized spacial score (nSPS) is 12.5. The van der Waals surface area contributed by atoms with Gasteiger partial charge in [-0.15, -0.1) is 0 Å². The summed E-state index contributed by atoms with van der Waals surface area (Å²) >= 11 is 3.54. The van der Waals surface area contributed by atoms with E-state index in [9.17, 15) is 0 Å². The lowest BCUT2D eigenvalue weighted by Gasteiger charge is -2.13. The average Bonchev–Trinajstić information content (AvgIpc) is 2.28. The van der Waals surface area contributed by atoms with Gasteiger partial charge < -0.3 is 10.1 Å². The van der Waals surface area contributed by atoms with Gasteiger partial charge in [0.25, 0.3) is 0 Å². The number of rotatable bonds is 6. The number of hydrogen-bond donors (Lipinski definition) is 1. The van der Waals surface area contributed by atoms with E-state index in [0.717, 1.165) is 29.8 Å². The van der Waals surface area contributed by atoms with Crippen molar-refractivity contribution in [2.45, 2.75) is 26.8 Å². The summed E-state index contributed by atoms with van der Waals surface area (Å²) in [6.45, 7) is 6.03. The fourth-order valence-corrected chi connectivity index (χ4v) is 1.87. The second-order valence-electron chi connectivity index (χ2n) is 4.12. The molecule has 0 aliphatic carbocycles. The fourth-order valence-electron chi connectivity index (χ4n) is 1.33. The molecule has 0 aromatic heterocycles. The van der Waals surface area contributed by atoms with E-state index in [2.05, 4.69) is 47.2 Å². The third kappa shape index (κ3) is 4.14. The Bertz CT molecular complexity index is 328. The largest absolute Gasteiger partial charge is 0.492 e. The minimum Gasteiger partial charge on any atom is -0.492 e. The Labute approximate surface area is 107 Å². The van der Waals surface area contributed by atoms with Crippen LogP contribution in [0.2, 0.25) is 0 Å². The molecule has 1 N–H and O–H groups in total. The van der Waals surface area contributed by atoms with Gasteiger partial charge in [0.1, 0.15) is 5.75 Å². The quantitative estimate of drug-likeness (QED) is 0.862. The number of hydrogen-bond acceptors (Lipinski definition) is 2. The lowest BCUT2D eigenvalue weighted by molar-refractivity contribution is 0.255. The molecular weight excluding hydrogens is 266 g/mol. The van der Waals surface area contributed by atoms with Crippen molar-refractivity contribution in [2.24, 2.45) is 5.92 Å². The molecule has 0 bridgehead atoms. The van der Waals surface area contributed by atoms with Crippen molar-refractivity contribution in [1.29, 1.82) is 0 Å². The highest BCUT2D eigenvalue weighted by Gasteiger charge is 2.04. The SMILES string of the molecule is CCC(C)COc1ccc(CNC)cc1Br. The molecule has 0 radical (unpaired) electrons. The molecule has 0 fully saturated rings. The summed E-state index contributed by atoms with van der Waals surface area (Å²) in [5, 5.41) is 3.13. The van der Waals surface area contributed by atoms with E-state index >= 15 is 0 Å². The Morgan fingerprint density at radius 1 is 1.44 bits per heavy atom. The van der Waals surface area contributed by atoms with E-state index in [-0.39, 0.29) is 0 Å². The zero-order valence-corrected chi connectivity index (χ0v) is 11.8. The smallest absolute Gasteiger partial charge is 0.133 e. The lowest BCUT2D eigenvalue weighted by Crippen LogP contribution is -2.08. The second-order valence-corrected chi connectivity index (χ2v) is 4.97. The van der Waals surface area contributed by atoms with Crippen LogP contribution in [-0.2, 0) is 6.54 Å². The molecule has 16 heavy (non-hydrogen) atoms. The van der Waals surface area contributed by atoms with Crippen LogP contribution in [0.15, 0.2) is 22.7 Å². The van der Waals surface area contributed by atoms with Crippen LogP contribution in [0.25, 0.3) is 0 Å². The summed E-state index contributed by atoms with van der Waals surface area (Å²) in [7, 11) is 1.95. The second kappa shape index (κ2) is 6.92. The molecule has 1 atom stereocenters. The lowest BCUT2D eigenvalue weighted by atomic mass is 10.1. The van der Waals surface area contributed by atoms with Crippen molar-refractivity contribution in [3.8, 4) is 5.75 Å².